The molecule has 0 atom stereocenters. The highest BCUT2D eigenvalue weighted by Crippen LogP contribution is 2.29. The van der Waals surface area contributed by atoms with Crippen molar-refractivity contribution in [2.45, 2.75) is 12.7 Å². The lowest BCUT2D eigenvalue weighted by Gasteiger charge is -2.09. The molecule has 0 saturated carbocycles. The second-order valence-corrected chi connectivity index (χ2v) is 5.64. The van der Waals surface area contributed by atoms with Gasteiger partial charge >= 0.3 is 6.18 Å². The molecular weight excluding hydrogens is 357 g/mol. The molecule has 3 rings (SSSR count). The van der Waals surface area contributed by atoms with Crippen LogP contribution in [0.25, 0.3) is 0 Å². The summed E-state index contributed by atoms with van der Waals surface area (Å²) in [6.07, 6.45) is -1.33. The first-order chi connectivity index (χ1) is 12.9. The van der Waals surface area contributed by atoms with E-state index in [0.717, 1.165) is 17.8 Å². The smallest absolute Gasteiger partial charge is 0.364 e. The number of nitrogens with one attached hydrogen (secondary N) is 2. The number of alkyl halides is 3. The second kappa shape index (κ2) is 7.86. The Morgan fingerprint density at radius 1 is 0.963 bits per heavy atom. The number of hydrogen-bond donors (Lipinski definition) is 2. The van der Waals surface area contributed by atoms with E-state index in [9.17, 15) is 18.0 Å². The topological polar surface area (TPSA) is 66.9 Å². The van der Waals surface area contributed by atoms with E-state index >= 15 is 0 Å². The molecule has 0 aliphatic rings. The maximum atomic E-state index is 12.6. The zero-order chi connectivity index (χ0) is 19.3. The molecule has 0 saturated heterocycles. The van der Waals surface area contributed by atoms with E-state index in [-0.39, 0.29) is 5.69 Å². The van der Waals surface area contributed by atoms with E-state index in [4.69, 9.17) is 0 Å². The lowest BCUT2D eigenvalue weighted by atomic mass is 10.2. The van der Waals surface area contributed by atoms with Gasteiger partial charge in [-0.3, -0.25) is 9.78 Å². The van der Waals surface area contributed by atoms with E-state index in [1.165, 1.54) is 18.3 Å². The van der Waals surface area contributed by atoms with E-state index in [2.05, 4.69) is 20.6 Å². The molecular formula is C19H15F3N4O. The van der Waals surface area contributed by atoms with Gasteiger partial charge in [0.25, 0.3) is 5.91 Å². The lowest BCUT2D eigenvalue weighted by Crippen LogP contribution is -2.13. The zero-order valence-electron chi connectivity index (χ0n) is 14.0. The SMILES string of the molecule is O=C(Nc1ccc(C(F)(F)F)cc1)c1ccc(NCc2ccccn2)nc1. The number of carbonyl (C=O) groups is 1. The summed E-state index contributed by atoms with van der Waals surface area (Å²) < 4.78 is 37.7. The van der Waals surface area contributed by atoms with Crippen LogP contribution in [0, 0.1) is 0 Å². The van der Waals surface area contributed by atoms with Crippen LogP contribution < -0.4 is 10.6 Å². The van der Waals surface area contributed by atoms with Gasteiger partial charge in [0.1, 0.15) is 5.82 Å². The molecule has 1 amide bonds. The van der Waals surface area contributed by atoms with E-state index in [1.807, 2.05) is 18.2 Å². The normalized spacial score (nSPS) is 11.1. The van der Waals surface area contributed by atoms with Gasteiger partial charge in [-0.1, -0.05) is 6.07 Å². The predicted octanol–water partition coefficient (Wildman–Crippen LogP) is 4.36. The quantitative estimate of drug-likeness (QED) is 0.698. The highest BCUT2D eigenvalue weighted by molar-refractivity contribution is 6.04. The molecule has 0 bridgehead atoms. The minimum Gasteiger partial charge on any atom is -0.364 e. The van der Waals surface area contributed by atoms with Gasteiger partial charge in [0, 0.05) is 18.1 Å². The molecule has 8 heteroatoms. The molecule has 0 spiro atoms. The number of hydrogen-bond acceptors (Lipinski definition) is 4. The van der Waals surface area contributed by atoms with E-state index < -0.39 is 17.6 Å². The van der Waals surface area contributed by atoms with Crippen molar-refractivity contribution in [1.82, 2.24) is 9.97 Å². The Morgan fingerprint density at radius 2 is 1.74 bits per heavy atom. The van der Waals surface area contributed by atoms with Gasteiger partial charge in [-0.15, -0.1) is 0 Å². The van der Waals surface area contributed by atoms with Gasteiger partial charge in [0.05, 0.1) is 23.4 Å². The fourth-order valence-electron chi connectivity index (χ4n) is 2.26. The summed E-state index contributed by atoms with van der Waals surface area (Å²) >= 11 is 0. The number of aromatic nitrogens is 2. The summed E-state index contributed by atoms with van der Waals surface area (Å²) in [5, 5.41) is 5.62. The number of pyridine rings is 2. The fourth-order valence-corrected chi connectivity index (χ4v) is 2.26. The molecule has 138 valence electrons. The number of benzene rings is 1. The number of rotatable bonds is 5. The van der Waals surface area contributed by atoms with Gasteiger partial charge in [-0.25, -0.2) is 4.98 Å². The molecule has 0 aliphatic carbocycles. The molecule has 0 fully saturated rings. The highest BCUT2D eigenvalue weighted by Gasteiger charge is 2.29. The Hall–Kier alpha value is -3.42. The van der Waals surface area contributed by atoms with Crippen molar-refractivity contribution in [3.63, 3.8) is 0 Å². The second-order valence-electron chi connectivity index (χ2n) is 5.64. The highest BCUT2D eigenvalue weighted by atomic mass is 19.4. The van der Waals surface area contributed by atoms with Crippen LogP contribution in [0.15, 0.2) is 67.0 Å². The van der Waals surface area contributed by atoms with Crippen molar-refractivity contribution in [1.29, 1.82) is 0 Å². The largest absolute Gasteiger partial charge is 0.416 e. The molecule has 5 nitrogen and oxygen atoms in total. The van der Waals surface area contributed by atoms with Crippen LogP contribution in [0.1, 0.15) is 21.6 Å². The van der Waals surface area contributed by atoms with Gasteiger partial charge in [0.2, 0.25) is 0 Å². The lowest BCUT2D eigenvalue weighted by molar-refractivity contribution is -0.137. The van der Waals surface area contributed by atoms with Crippen molar-refractivity contribution in [3.05, 3.63) is 83.8 Å². The summed E-state index contributed by atoms with van der Waals surface area (Å²) in [5.74, 6) is 0.116. The van der Waals surface area contributed by atoms with Crippen LogP contribution in [0.5, 0.6) is 0 Å². The summed E-state index contributed by atoms with van der Waals surface area (Å²) in [6, 6.07) is 13.0. The number of amides is 1. The third kappa shape index (κ3) is 5.04. The summed E-state index contributed by atoms with van der Waals surface area (Å²) in [5.41, 5.74) is 0.637. The summed E-state index contributed by atoms with van der Waals surface area (Å²) in [7, 11) is 0. The average molecular weight is 372 g/mol. The van der Waals surface area contributed by atoms with Crippen LogP contribution in [-0.2, 0) is 12.7 Å². The molecule has 2 N–H and O–H groups in total. The van der Waals surface area contributed by atoms with Crippen molar-refractivity contribution in [2.24, 2.45) is 0 Å². The maximum Gasteiger partial charge on any atom is 0.416 e. The van der Waals surface area contributed by atoms with Crippen molar-refractivity contribution in [2.75, 3.05) is 10.6 Å². The van der Waals surface area contributed by atoms with Gasteiger partial charge in [-0.05, 0) is 48.5 Å². The van der Waals surface area contributed by atoms with Crippen molar-refractivity contribution >= 4 is 17.4 Å². The van der Waals surface area contributed by atoms with E-state index in [1.54, 1.807) is 18.3 Å². The van der Waals surface area contributed by atoms with Crippen LogP contribution in [0.4, 0.5) is 24.7 Å². The molecule has 2 heterocycles. The Labute approximate surface area is 153 Å². The van der Waals surface area contributed by atoms with Crippen LogP contribution in [0.3, 0.4) is 0 Å². The van der Waals surface area contributed by atoms with Crippen molar-refractivity contribution in [3.8, 4) is 0 Å². The van der Waals surface area contributed by atoms with Gasteiger partial charge in [-0.2, -0.15) is 13.2 Å². The minimum absolute atomic E-state index is 0.269. The van der Waals surface area contributed by atoms with Gasteiger partial charge in [0.15, 0.2) is 0 Å². The number of halogens is 3. The van der Waals surface area contributed by atoms with Crippen LogP contribution >= 0.6 is 0 Å². The van der Waals surface area contributed by atoms with Crippen molar-refractivity contribution < 1.29 is 18.0 Å². The monoisotopic (exact) mass is 372 g/mol. The molecule has 2 aromatic heterocycles. The number of anilines is 2. The molecule has 1 aromatic carbocycles. The molecule has 0 radical (unpaired) electrons. The summed E-state index contributed by atoms with van der Waals surface area (Å²) in [6.45, 7) is 0.491. The minimum atomic E-state index is -4.41. The first kappa shape index (κ1) is 18.4. The molecule has 0 aliphatic heterocycles. The first-order valence-corrected chi connectivity index (χ1v) is 8.00. The van der Waals surface area contributed by atoms with E-state index in [0.29, 0.717) is 17.9 Å². The predicted molar refractivity (Wildman–Crippen MR) is 95.2 cm³/mol. The molecule has 27 heavy (non-hydrogen) atoms. The first-order valence-electron chi connectivity index (χ1n) is 8.00. The summed E-state index contributed by atoms with van der Waals surface area (Å²) in [4.78, 5) is 20.5. The van der Waals surface area contributed by atoms with Crippen LogP contribution in [-0.4, -0.2) is 15.9 Å². The third-order valence-electron chi connectivity index (χ3n) is 3.67. The Balaban J connectivity index is 1.58. The Kier molecular flexibility index (Phi) is 5.35. The molecule has 3 aromatic rings. The fraction of sp³-hybridized carbons (Fsp3) is 0.105. The third-order valence-corrected chi connectivity index (χ3v) is 3.67. The number of carbonyl (C=O) groups excluding carboxylic acids is 1. The van der Waals surface area contributed by atoms with Gasteiger partial charge < -0.3 is 10.6 Å². The Bertz CT molecular complexity index is 895. The Morgan fingerprint density at radius 3 is 2.33 bits per heavy atom. The number of nitrogens with zero attached hydrogens (tertiary/aromatic N) is 2. The van der Waals surface area contributed by atoms with Crippen LogP contribution in [0.2, 0.25) is 0 Å². The molecule has 0 unspecified atom stereocenters. The standard InChI is InChI=1S/C19H15F3N4O/c20-19(21,22)14-5-7-15(8-6-14)26-18(27)13-4-9-17(24-11-13)25-12-16-3-1-2-10-23-16/h1-11H,12H2,(H,24,25)(H,26,27). The average Bonchev–Trinajstić information content (AvgIpc) is 2.67. The maximum absolute atomic E-state index is 12.6. The zero-order valence-corrected chi connectivity index (χ0v) is 14.0.